The van der Waals surface area contributed by atoms with E-state index in [1.807, 2.05) is 0 Å². The molecule has 460 valence electrons. The van der Waals surface area contributed by atoms with Gasteiger partial charge >= 0.3 is 33.6 Å². The van der Waals surface area contributed by atoms with Crippen LogP contribution in [-0.4, -0.2) is 95.9 Å². The first-order chi connectivity index (χ1) is 38.2. The van der Waals surface area contributed by atoms with Crippen LogP contribution in [0.25, 0.3) is 0 Å². The molecule has 0 amide bonds. The molecule has 0 aromatic rings. The van der Waals surface area contributed by atoms with Crippen molar-refractivity contribution in [2.24, 2.45) is 0 Å². The second kappa shape index (κ2) is 55.8. The molecule has 18 heteroatoms. The Labute approximate surface area is 478 Å². The normalized spacial score (nSPS) is 14.9. The number of phosphoric acid groups is 2. The van der Waals surface area contributed by atoms with E-state index in [4.69, 9.17) is 32.3 Å². The Bertz CT molecular complexity index is 1700. The summed E-state index contributed by atoms with van der Waals surface area (Å²) in [5, 5.41) is 20.4. The van der Waals surface area contributed by atoms with Crippen molar-refractivity contribution in [3.63, 3.8) is 0 Å². The molecule has 0 saturated heterocycles. The fourth-order valence-electron chi connectivity index (χ4n) is 7.97. The van der Waals surface area contributed by atoms with E-state index in [9.17, 15) is 43.5 Å². The van der Waals surface area contributed by atoms with Gasteiger partial charge in [0.25, 0.3) is 0 Å². The highest BCUT2D eigenvalue weighted by Crippen LogP contribution is 2.45. The third-order valence-corrected chi connectivity index (χ3v) is 14.6. The molecular weight excluding hydrogens is 1050 g/mol. The molecule has 0 bridgehead atoms. The smallest absolute Gasteiger partial charge is 0.463 e. The molecule has 0 aromatic carbocycles. The van der Waals surface area contributed by atoms with Gasteiger partial charge in [-0.25, -0.2) is 9.13 Å². The lowest BCUT2D eigenvalue weighted by Crippen LogP contribution is -2.30. The topological polar surface area (TPSA) is 231 Å². The van der Waals surface area contributed by atoms with Crippen LogP contribution >= 0.6 is 15.6 Å². The summed E-state index contributed by atoms with van der Waals surface area (Å²) < 4.78 is 60.6. The van der Waals surface area contributed by atoms with Gasteiger partial charge in [0.05, 0.1) is 26.4 Å². The summed E-state index contributed by atoms with van der Waals surface area (Å²) in [6.45, 7) is 2.52. The van der Waals surface area contributed by atoms with Crippen molar-refractivity contribution in [2.45, 2.75) is 270 Å². The van der Waals surface area contributed by atoms with Gasteiger partial charge in [0, 0.05) is 19.3 Å². The van der Waals surface area contributed by atoms with Gasteiger partial charge in [0.1, 0.15) is 25.4 Å². The van der Waals surface area contributed by atoms with Gasteiger partial charge < -0.3 is 34.2 Å². The van der Waals surface area contributed by atoms with Crippen LogP contribution in [0.1, 0.15) is 252 Å². The maximum absolute atomic E-state index is 12.8. The summed E-state index contributed by atoms with van der Waals surface area (Å²) in [5.41, 5.74) is 0. The van der Waals surface area contributed by atoms with Crippen LogP contribution < -0.4 is 0 Å². The lowest BCUT2D eigenvalue weighted by Gasteiger charge is -2.21. The Balaban J connectivity index is 4.60. The molecule has 0 aliphatic rings. The number of carbonyl (C=O) groups excluding carboxylic acids is 3. The molecule has 0 aromatic heterocycles. The molecule has 0 heterocycles. The average Bonchev–Trinajstić information content (AvgIpc) is 3.42. The third kappa shape index (κ3) is 56.9. The van der Waals surface area contributed by atoms with Gasteiger partial charge in [0.2, 0.25) is 0 Å². The van der Waals surface area contributed by atoms with E-state index in [2.05, 4.69) is 81.5 Å². The molecule has 0 rings (SSSR count). The highest BCUT2D eigenvalue weighted by atomic mass is 31.2. The molecule has 4 N–H and O–H groups in total. The Morgan fingerprint density at radius 2 is 0.658 bits per heavy atom. The second-order valence-electron chi connectivity index (χ2n) is 20.5. The summed E-state index contributed by atoms with van der Waals surface area (Å²) in [6.07, 6.45) is 52.9. The van der Waals surface area contributed by atoms with E-state index in [1.165, 1.54) is 64.2 Å². The Kier molecular flexibility index (Phi) is 53.8. The van der Waals surface area contributed by atoms with E-state index in [1.54, 1.807) is 0 Å². The zero-order chi connectivity index (χ0) is 58.2. The van der Waals surface area contributed by atoms with Gasteiger partial charge in [-0.15, -0.1) is 0 Å². The lowest BCUT2D eigenvalue weighted by molar-refractivity contribution is -0.161. The van der Waals surface area contributed by atoms with Crippen molar-refractivity contribution in [2.75, 3.05) is 39.6 Å². The first-order valence-electron chi connectivity index (χ1n) is 30.6. The fraction of sp³-hybridized carbons (Fsp3) is 0.787. The largest absolute Gasteiger partial charge is 0.472 e. The first-order valence-corrected chi connectivity index (χ1v) is 33.6. The number of esters is 3. The molecule has 0 radical (unpaired) electrons. The van der Waals surface area contributed by atoms with Crippen LogP contribution in [0.5, 0.6) is 0 Å². The standard InChI is InChI=1S/C61H110O16P2/c1-4-7-10-13-16-19-22-24-25-26-27-28-29-31-34-35-38-41-44-47-59(64)71-50-56(62)51-73-78(67,68)74-52-57(63)53-75-79(69,70)76-55-58(77-61(66)49-46-43-40-37-32-21-18-15-12-9-6-3)54-72-60(65)48-45-42-39-36-33-30-23-20-17-14-11-8-5-2/h11,14,16,19-20,23-25,27-28,56-58,62-63H,4-10,12-13,15,17-18,21-22,26,29-55H2,1-3H3,(H,67,68)(H,69,70)/b14-11-,19-16-,23-20-,25-24-,28-27-. The monoisotopic (exact) mass is 1160 g/mol. The van der Waals surface area contributed by atoms with Crippen LogP contribution in [0.4, 0.5) is 0 Å². The van der Waals surface area contributed by atoms with Crippen LogP contribution in [0.2, 0.25) is 0 Å². The van der Waals surface area contributed by atoms with E-state index in [0.717, 1.165) is 128 Å². The predicted octanol–water partition coefficient (Wildman–Crippen LogP) is 15.9. The molecule has 0 spiro atoms. The molecule has 0 aliphatic carbocycles. The molecule has 0 aliphatic heterocycles. The fourth-order valence-corrected chi connectivity index (χ4v) is 9.55. The van der Waals surface area contributed by atoms with Crippen LogP contribution in [-0.2, 0) is 55.8 Å². The molecule has 79 heavy (non-hydrogen) atoms. The van der Waals surface area contributed by atoms with Gasteiger partial charge in [-0.3, -0.25) is 32.5 Å². The van der Waals surface area contributed by atoms with Crippen LogP contribution in [0, 0.1) is 0 Å². The van der Waals surface area contributed by atoms with Crippen LogP contribution in [0.15, 0.2) is 60.8 Å². The Morgan fingerprint density at radius 3 is 1.08 bits per heavy atom. The molecular formula is C61H110O16P2. The summed E-state index contributed by atoms with van der Waals surface area (Å²) >= 11 is 0. The number of carbonyl (C=O) groups is 3. The number of hydrogen-bond acceptors (Lipinski definition) is 14. The van der Waals surface area contributed by atoms with Crippen molar-refractivity contribution < 1.29 is 75.8 Å². The molecule has 16 nitrogen and oxygen atoms in total. The highest BCUT2D eigenvalue weighted by Gasteiger charge is 2.29. The van der Waals surface area contributed by atoms with Gasteiger partial charge in [0.15, 0.2) is 6.10 Å². The zero-order valence-electron chi connectivity index (χ0n) is 49.3. The number of allylic oxidation sites excluding steroid dienone is 10. The first kappa shape index (κ1) is 76.2. The molecule has 0 fully saturated rings. The predicted molar refractivity (Wildman–Crippen MR) is 316 cm³/mol. The highest BCUT2D eigenvalue weighted by molar-refractivity contribution is 7.47. The van der Waals surface area contributed by atoms with Gasteiger partial charge in [-0.1, -0.05) is 210 Å². The zero-order valence-corrected chi connectivity index (χ0v) is 51.1. The van der Waals surface area contributed by atoms with E-state index >= 15 is 0 Å². The summed E-state index contributed by atoms with van der Waals surface area (Å²) in [5.74, 6) is -1.60. The van der Waals surface area contributed by atoms with Gasteiger partial charge in [-0.05, 0) is 83.5 Å². The van der Waals surface area contributed by atoms with Crippen molar-refractivity contribution in [1.82, 2.24) is 0 Å². The maximum Gasteiger partial charge on any atom is 0.472 e. The third-order valence-electron chi connectivity index (χ3n) is 12.7. The summed E-state index contributed by atoms with van der Waals surface area (Å²) in [7, 11) is -9.75. The number of ether oxygens (including phenoxy) is 3. The maximum atomic E-state index is 12.8. The Morgan fingerprint density at radius 1 is 0.354 bits per heavy atom. The average molecular weight is 1160 g/mol. The van der Waals surface area contributed by atoms with E-state index < -0.39 is 91.5 Å². The van der Waals surface area contributed by atoms with Crippen molar-refractivity contribution >= 4 is 33.6 Å². The Hall–Kier alpha value is -2.75. The molecule has 5 unspecified atom stereocenters. The second-order valence-corrected chi connectivity index (χ2v) is 23.4. The molecule has 5 atom stereocenters. The number of aliphatic hydroxyl groups is 2. The minimum Gasteiger partial charge on any atom is -0.463 e. The lowest BCUT2D eigenvalue weighted by atomic mass is 10.1. The SMILES string of the molecule is CCC/C=C\C/C=C\CCCCCCCC(=O)OCC(COP(=O)(O)OCC(O)COP(=O)(O)OCC(O)COC(=O)CCCCCCCC/C=C\C/C=C\C/C=C\CCCCC)OC(=O)CCCCCCCCCCCCC. The molecule has 0 saturated carbocycles. The number of phosphoric ester groups is 2. The number of rotatable bonds is 58. The number of aliphatic hydroxyl groups excluding tert-OH is 2. The van der Waals surface area contributed by atoms with Gasteiger partial charge in [-0.2, -0.15) is 0 Å². The minimum atomic E-state index is -4.91. The minimum absolute atomic E-state index is 0.105. The number of unbranched alkanes of at least 4 members (excludes halogenated alkanes) is 25. The number of hydrogen-bond donors (Lipinski definition) is 4. The van der Waals surface area contributed by atoms with Crippen molar-refractivity contribution in [1.29, 1.82) is 0 Å². The van der Waals surface area contributed by atoms with Crippen molar-refractivity contribution in [3.05, 3.63) is 60.8 Å². The van der Waals surface area contributed by atoms with Crippen LogP contribution in [0.3, 0.4) is 0 Å². The quantitative estimate of drug-likeness (QED) is 0.0146. The van der Waals surface area contributed by atoms with Crippen molar-refractivity contribution in [3.8, 4) is 0 Å². The summed E-state index contributed by atoms with van der Waals surface area (Å²) in [6, 6.07) is 0. The summed E-state index contributed by atoms with van der Waals surface area (Å²) in [4.78, 5) is 58.0. The van der Waals surface area contributed by atoms with E-state index in [0.29, 0.717) is 19.3 Å². The van der Waals surface area contributed by atoms with E-state index in [-0.39, 0.29) is 19.3 Å².